The molecule has 0 aliphatic rings. The van der Waals surface area contributed by atoms with Crippen molar-refractivity contribution in [3.05, 3.63) is 65.7 Å². The summed E-state index contributed by atoms with van der Waals surface area (Å²) < 4.78 is 0. The molecule has 130 valence electrons. The van der Waals surface area contributed by atoms with Gasteiger partial charge in [0.05, 0.1) is 6.21 Å². The molecule has 2 amide bonds. The standard InChI is InChI=1S/C19H22N4O2/c1-23(2)17-10-8-15(9-11-17)14-21-22-18(24)12-13-20-19(25)16-6-4-3-5-7-16/h3-11,14H,12-13H2,1-2H3,(H,20,25)(H,22,24)/b21-14+. The topological polar surface area (TPSA) is 73.8 Å². The Balaban J connectivity index is 1.70. The summed E-state index contributed by atoms with van der Waals surface area (Å²) in [4.78, 5) is 25.5. The molecular formula is C19H22N4O2. The number of hydrazone groups is 1. The molecule has 25 heavy (non-hydrogen) atoms. The van der Waals surface area contributed by atoms with Crippen molar-refractivity contribution in [1.82, 2.24) is 10.7 Å². The summed E-state index contributed by atoms with van der Waals surface area (Å²) in [5, 5.41) is 6.62. The van der Waals surface area contributed by atoms with Crippen LogP contribution in [0.3, 0.4) is 0 Å². The van der Waals surface area contributed by atoms with Crippen LogP contribution in [0.25, 0.3) is 0 Å². The van der Waals surface area contributed by atoms with Crippen LogP contribution in [-0.4, -0.2) is 38.7 Å². The van der Waals surface area contributed by atoms with Gasteiger partial charge < -0.3 is 10.2 Å². The second-order valence-electron chi connectivity index (χ2n) is 5.65. The van der Waals surface area contributed by atoms with E-state index in [1.54, 1.807) is 30.5 Å². The number of hydrogen-bond acceptors (Lipinski definition) is 4. The molecule has 0 heterocycles. The van der Waals surface area contributed by atoms with Gasteiger partial charge in [0, 0.05) is 38.3 Å². The number of nitrogens with one attached hydrogen (secondary N) is 2. The Bertz CT molecular complexity index is 725. The van der Waals surface area contributed by atoms with Crippen molar-refractivity contribution in [3.63, 3.8) is 0 Å². The van der Waals surface area contributed by atoms with E-state index in [1.165, 1.54) is 0 Å². The van der Waals surface area contributed by atoms with Crippen LogP contribution in [0.1, 0.15) is 22.3 Å². The molecule has 0 atom stereocenters. The predicted molar refractivity (Wildman–Crippen MR) is 99.9 cm³/mol. The first-order valence-corrected chi connectivity index (χ1v) is 7.99. The number of benzene rings is 2. The monoisotopic (exact) mass is 338 g/mol. The van der Waals surface area contributed by atoms with Gasteiger partial charge in [-0.1, -0.05) is 30.3 Å². The van der Waals surface area contributed by atoms with Gasteiger partial charge in [0.25, 0.3) is 5.91 Å². The summed E-state index contributed by atoms with van der Waals surface area (Å²) >= 11 is 0. The van der Waals surface area contributed by atoms with Crippen LogP contribution in [0.15, 0.2) is 59.7 Å². The van der Waals surface area contributed by atoms with E-state index >= 15 is 0 Å². The fraction of sp³-hybridized carbons (Fsp3) is 0.211. The van der Waals surface area contributed by atoms with Crippen LogP contribution in [0.2, 0.25) is 0 Å². The Morgan fingerprint density at radius 1 is 1.04 bits per heavy atom. The molecule has 0 aliphatic heterocycles. The van der Waals surface area contributed by atoms with E-state index in [4.69, 9.17) is 0 Å². The first kappa shape index (κ1) is 18.2. The van der Waals surface area contributed by atoms with Crippen molar-refractivity contribution >= 4 is 23.7 Å². The van der Waals surface area contributed by atoms with E-state index < -0.39 is 0 Å². The Labute approximate surface area is 147 Å². The van der Waals surface area contributed by atoms with Crippen LogP contribution in [-0.2, 0) is 4.79 Å². The van der Waals surface area contributed by atoms with Crippen molar-refractivity contribution < 1.29 is 9.59 Å². The normalized spacial score (nSPS) is 10.5. The van der Waals surface area contributed by atoms with Crippen LogP contribution >= 0.6 is 0 Å². The zero-order valence-corrected chi connectivity index (χ0v) is 14.4. The van der Waals surface area contributed by atoms with Gasteiger partial charge in [-0.05, 0) is 29.8 Å². The van der Waals surface area contributed by atoms with Crippen LogP contribution in [0.4, 0.5) is 5.69 Å². The summed E-state index contributed by atoms with van der Waals surface area (Å²) in [6, 6.07) is 16.7. The third-order valence-corrected chi connectivity index (χ3v) is 3.49. The lowest BCUT2D eigenvalue weighted by molar-refractivity contribution is -0.120. The molecule has 0 unspecified atom stereocenters. The van der Waals surface area contributed by atoms with Crippen LogP contribution < -0.4 is 15.6 Å². The third-order valence-electron chi connectivity index (χ3n) is 3.49. The van der Waals surface area contributed by atoms with Gasteiger partial charge in [-0.15, -0.1) is 0 Å². The highest BCUT2D eigenvalue weighted by atomic mass is 16.2. The zero-order valence-electron chi connectivity index (χ0n) is 14.4. The summed E-state index contributed by atoms with van der Waals surface area (Å²) in [5.74, 6) is -0.451. The predicted octanol–water partition coefficient (Wildman–Crippen LogP) is 2.02. The molecule has 6 nitrogen and oxygen atoms in total. The molecule has 2 rings (SSSR count). The van der Waals surface area contributed by atoms with Gasteiger partial charge in [-0.2, -0.15) is 5.10 Å². The van der Waals surface area contributed by atoms with Crippen molar-refractivity contribution in [3.8, 4) is 0 Å². The van der Waals surface area contributed by atoms with Gasteiger partial charge in [0.1, 0.15) is 0 Å². The lowest BCUT2D eigenvalue weighted by Gasteiger charge is -2.11. The maximum absolute atomic E-state index is 11.8. The molecule has 2 aromatic rings. The second kappa shape index (κ2) is 9.22. The molecule has 0 radical (unpaired) electrons. The zero-order chi connectivity index (χ0) is 18.1. The van der Waals surface area contributed by atoms with Gasteiger partial charge in [0.15, 0.2) is 0 Å². The maximum atomic E-state index is 11.8. The van der Waals surface area contributed by atoms with E-state index in [0.717, 1.165) is 11.3 Å². The highest BCUT2D eigenvalue weighted by Gasteiger charge is 2.05. The average molecular weight is 338 g/mol. The highest BCUT2D eigenvalue weighted by Crippen LogP contribution is 2.10. The Hall–Kier alpha value is -3.15. The van der Waals surface area contributed by atoms with Crippen molar-refractivity contribution in [2.75, 3.05) is 25.5 Å². The van der Waals surface area contributed by atoms with Gasteiger partial charge >= 0.3 is 0 Å². The van der Waals surface area contributed by atoms with E-state index in [2.05, 4.69) is 15.8 Å². The van der Waals surface area contributed by atoms with E-state index in [9.17, 15) is 9.59 Å². The lowest BCUT2D eigenvalue weighted by atomic mass is 10.2. The molecule has 0 saturated heterocycles. The van der Waals surface area contributed by atoms with Crippen molar-refractivity contribution in [2.45, 2.75) is 6.42 Å². The van der Waals surface area contributed by atoms with Crippen molar-refractivity contribution in [2.24, 2.45) is 5.10 Å². The third kappa shape index (κ3) is 6.10. The van der Waals surface area contributed by atoms with Gasteiger partial charge in [-0.3, -0.25) is 9.59 Å². The minimum Gasteiger partial charge on any atom is -0.378 e. The Morgan fingerprint density at radius 3 is 2.36 bits per heavy atom. The number of carbonyl (C=O) groups excluding carboxylic acids is 2. The summed E-state index contributed by atoms with van der Waals surface area (Å²) in [7, 11) is 3.94. The summed E-state index contributed by atoms with van der Waals surface area (Å²) in [5.41, 5.74) is 5.01. The number of carbonyl (C=O) groups is 2. The summed E-state index contributed by atoms with van der Waals surface area (Å²) in [6.45, 7) is 0.257. The Morgan fingerprint density at radius 2 is 1.72 bits per heavy atom. The fourth-order valence-electron chi connectivity index (χ4n) is 2.07. The van der Waals surface area contributed by atoms with Crippen LogP contribution in [0, 0.1) is 0 Å². The Kier molecular flexibility index (Phi) is 6.71. The quantitative estimate of drug-likeness (QED) is 0.599. The van der Waals surface area contributed by atoms with Gasteiger partial charge in [0.2, 0.25) is 5.91 Å². The molecular weight excluding hydrogens is 316 g/mol. The lowest BCUT2D eigenvalue weighted by Crippen LogP contribution is -2.28. The molecule has 0 aliphatic carbocycles. The molecule has 0 fully saturated rings. The minimum absolute atomic E-state index is 0.162. The molecule has 2 aromatic carbocycles. The van der Waals surface area contributed by atoms with Crippen molar-refractivity contribution in [1.29, 1.82) is 0 Å². The van der Waals surface area contributed by atoms with E-state index in [1.807, 2.05) is 49.3 Å². The number of amides is 2. The van der Waals surface area contributed by atoms with E-state index in [-0.39, 0.29) is 24.8 Å². The fourth-order valence-corrected chi connectivity index (χ4v) is 2.07. The minimum atomic E-state index is -0.255. The number of anilines is 1. The SMILES string of the molecule is CN(C)c1ccc(/C=N/NC(=O)CCNC(=O)c2ccccc2)cc1. The number of rotatable bonds is 7. The molecule has 0 bridgehead atoms. The first-order valence-electron chi connectivity index (χ1n) is 7.99. The van der Waals surface area contributed by atoms with E-state index in [0.29, 0.717) is 5.56 Å². The first-order chi connectivity index (χ1) is 12.1. The smallest absolute Gasteiger partial charge is 0.251 e. The number of nitrogens with zero attached hydrogens (tertiary/aromatic N) is 2. The molecule has 6 heteroatoms. The average Bonchev–Trinajstić information content (AvgIpc) is 2.63. The second-order valence-corrected chi connectivity index (χ2v) is 5.65. The molecule has 2 N–H and O–H groups in total. The van der Waals surface area contributed by atoms with Gasteiger partial charge in [-0.25, -0.2) is 5.43 Å². The van der Waals surface area contributed by atoms with Crippen LogP contribution in [0.5, 0.6) is 0 Å². The number of hydrogen-bond donors (Lipinski definition) is 2. The molecule has 0 saturated carbocycles. The highest BCUT2D eigenvalue weighted by molar-refractivity contribution is 5.94. The molecule has 0 spiro atoms. The summed E-state index contributed by atoms with van der Waals surface area (Å²) in [6.07, 6.45) is 1.75. The largest absolute Gasteiger partial charge is 0.378 e. The molecule has 0 aromatic heterocycles. The maximum Gasteiger partial charge on any atom is 0.251 e.